The van der Waals surface area contributed by atoms with Gasteiger partial charge in [-0.25, -0.2) is 0 Å². The fraction of sp³-hybridized carbons (Fsp3) is 0.143. The molecule has 4 nitrogen and oxygen atoms in total. The van der Waals surface area contributed by atoms with E-state index in [0.717, 1.165) is 0 Å². The van der Waals surface area contributed by atoms with Crippen LogP contribution in [0.3, 0.4) is 0 Å². The molecule has 0 radical (unpaired) electrons. The second-order valence-corrected chi connectivity index (χ2v) is 5.35. The van der Waals surface area contributed by atoms with Crippen molar-refractivity contribution < 1.29 is 4.74 Å². The molecule has 0 unspecified atom stereocenters. The predicted octanol–water partition coefficient (Wildman–Crippen LogP) is 3.65. The Balaban J connectivity index is 2.92. The molecule has 1 N–H and O–H groups in total. The largest absolute Gasteiger partial charge is 0.496 e. The van der Waals surface area contributed by atoms with Crippen LogP contribution in [0.2, 0.25) is 5.02 Å². The summed E-state index contributed by atoms with van der Waals surface area (Å²) in [4.78, 5) is 14.5. The van der Waals surface area contributed by atoms with Gasteiger partial charge in [0.25, 0.3) is 5.56 Å². The maximum Gasteiger partial charge on any atom is 0.266 e. The fourth-order valence-electron chi connectivity index (χ4n) is 1.95. The van der Waals surface area contributed by atoms with Gasteiger partial charge in [0.1, 0.15) is 17.4 Å². The standard InChI is InChI=1S/C14H10BrClN2O2/c1-7-5-8(9(6-17)14(19)18-7)12-11(20-2)4-3-10(15)13(12)16/h3-5H,1-2H3,(H,18,19). The Morgan fingerprint density at radius 3 is 2.75 bits per heavy atom. The molecule has 6 heteroatoms. The van der Waals surface area contributed by atoms with Crippen molar-refractivity contribution in [2.24, 2.45) is 0 Å². The maximum atomic E-state index is 11.9. The molecule has 0 atom stereocenters. The Kier molecular flexibility index (Phi) is 4.17. The molecule has 20 heavy (non-hydrogen) atoms. The summed E-state index contributed by atoms with van der Waals surface area (Å²) < 4.78 is 5.95. The van der Waals surface area contributed by atoms with Crippen molar-refractivity contribution >= 4 is 27.5 Å². The molecule has 1 aromatic carbocycles. The van der Waals surface area contributed by atoms with E-state index in [1.807, 2.05) is 6.07 Å². The number of hydrogen-bond acceptors (Lipinski definition) is 3. The molecule has 0 spiro atoms. The number of benzene rings is 1. The van der Waals surface area contributed by atoms with E-state index >= 15 is 0 Å². The van der Waals surface area contributed by atoms with E-state index < -0.39 is 5.56 Å². The Morgan fingerprint density at radius 1 is 1.45 bits per heavy atom. The van der Waals surface area contributed by atoms with Crippen LogP contribution in [-0.2, 0) is 0 Å². The van der Waals surface area contributed by atoms with Crippen LogP contribution in [-0.4, -0.2) is 12.1 Å². The van der Waals surface area contributed by atoms with Gasteiger partial charge in [-0.15, -0.1) is 0 Å². The van der Waals surface area contributed by atoms with E-state index in [2.05, 4.69) is 20.9 Å². The van der Waals surface area contributed by atoms with Crippen molar-refractivity contribution in [1.29, 1.82) is 5.26 Å². The lowest BCUT2D eigenvalue weighted by Crippen LogP contribution is -2.13. The van der Waals surface area contributed by atoms with Gasteiger partial charge in [0.15, 0.2) is 0 Å². The number of hydrogen-bond donors (Lipinski definition) is 1. The fourth-order valence-corrected chi connectivity index (χ4v) is 2.54. The van der Waals surface area contributed by atoms with Gasteiger partial charge in [-0.1, -0.05) is 11.6 Å². The first-order chi connectivity index (χ1) is 9.49. The Hall–Kier alpha value is -1.77. The minimum atomic E-state index is -0.444. The summed E-state index contributed by atoms with van der Waals surface area (Å²) in [5.74, 6) is 0.500. The molecule has 0 aliphatic carbocycles. The number of H-pyrrole nitrogens is 1. The molecule has 0 aliphatic rings. The highest BCUT2D eigenvalue weighted by molar-refractivity contribution is 9.10. The molecule has 2 aromatic rings. The van der Waals surface area contributed by atoms with Crippen LogP contribution in [0.1, 0.15) is 11.3 Å². The summed E-state index contributed by atoms with van der Waals surface area (Å²) in [7, 11) is 1.51. The molecule has 0 saturated heterocycles. The van der Waals surface area contributed by atoms with Crippen LogP contribution < -0.4 is 10.3 Å². The van der Waals surface area contributed by atoms with Crippen molar-refractivity contribution in [3.8, 4) is 22.9 Å². The van der Waals surface area contributed by atoms with Gasteiger partial charge in [0.05, 0.1) is 12.1 Å². The second kappa shape index (κ2) is 5.70. The summed E-state index contributed by atoms with van der Waals surface area (Å²) in [5.41, 5.74) is 1.18. The molecule has 102 valence electrons. The number of aryl methyl sites for hydroxylation is 1. The van der Waals surface area contributed by atoms with Crippen molar-refractivity contribution in [1.82, 2.24) is 4.98 Å². The average Bonchev–Trinajstić information content (AvgIpc) is 2.41. The lowest BCUT2D eigenvalue weighted by Gasteiger charge is -2.13. The monoisotopic (exact) mass is 352 g/mol. The average molecular weight is 354 g/mol. The normalized spacial score (nSPS) is 10.2. The van der Waals surface area contributed by atoms with Crippen molar-refractivity contribution in [2.45, 2.75) is 6.92 Å². The number of rotatable bonds is 2. The zero-order valence-corrected chi connectivity index (χ0v) is 13.1. The summed E-state index contributed by atoms with van der Waals surface area (Å²) >= 11 is 9.63. The van der Waals surface area contributed by atoms with E-state index in [1.54, 1.807) is 25.1 Å². The van der Waals surface area contributed by atoms with E-state index in [0.29, 0.717) is 32.1 Å². The summed E-state index contributed by atoms with van der Waals surface area (Å²) in [5, 5.41) is 9.60. The maximum absolute atomic E-state index is 11.9. The number of aromatic nitrogens is 1. The first-order valence-corrected chi connectivity index (χ1v) is 6.83. The van der Waals surface area contributed by atoms with Crippen LogP contribution in [0.5, 0.6) is 5.75 Å². The first kappa shape index (κ1) is 14.6. The molecular weight excluding hydrogens is 344 g/mol. The van der Waals surface area contributed by atoms with Crippen molar-refractivity contribution in [3.05, 3.63) is 49.3 Å². The molecule has 2 rings (SSSR count). The summed E-state index contributed by atoms with van der Waals surface area (Å²) in [6.45, 7) is 1.74. The third-order valence-electron chi connectivity index (χ3n) is 2.83. The molecule has 0 aliphatic heterocycles. The number of pyridine rings is 1. The van der Waals surface area contributed by atoms with E-state index in [1.165, 1.54) is 7.11 Å². The van der Waals surface area contributed by atoms with Crippen LogP contribution >= 0.6 is 27.5 Å². The van der Waals surface area contributed by atoms with Crippen LogP contribution in [0.15, 0.2) is 27.5 Å². The van der Waals surface area contributed by atoms with Gasteiger partial charge in [-0.2, -0.15) is 5.26 Å². The topological polar surface area (TPSA) is 65.9 Å². The quantitative estimate of drug-likeness (QED) is 0.896. The Bertz CT molecular complexity index is 778. The van der Waals surface area contributed by atoms with E-state index in [4.69, 9.17) is 16.3 Å². The third-order valence-corrected chi connectivity index (χ3v) is 4.11. The summed E-state index contributed by atoms with van der Waals surface area (Å²) in [6.07, 6.45) is 0. The molecule has 0 saturated carbocycles. The molecular formula is C14H10BrClN2O2. The van der Waals surface area contributed by atoms with Crippen molar-refractivity contribution in [2.75, 3.05) is 7.11 Å². The first-order valence-electron chi connectivity index (χ1n) is 5.66. The van der Waals surface area contributed by atoms with Gasteiger partial charge in [0.2, 0.25) is 0 Å². The van der Waals surface area contributed by atoms with E-state index in [-0.39, 0.29) is 5.56 Å². The number of nitrogens with zero attached hydrogens (tertiary/aromatic N) is 1. The highest BCUT2D eigenvalue weighted by atomic mass is 79.9. The highest BCUT2D eigenvalue weighted by Gasteiger charge is 2.19. The van der Waals surface area contributed by atoms with E-state index in [9.17, 15) is 10.1 Å². The second-order valence-electron chi connectivity index (χ2n) is 4.12. The molecule has 1 aromatic heterocycles. The Morgan fingerprint density at radius 2 is 2.15 bits per heavy atom. The molecule has 0 fully saturated rings. The Labute approximate surface area is 129 Å². The zero-order chi connectivity index (χ0) is 14.9. The smallest absolute Gasteiger partial charge is 0.266 e. The lowest BCUT2D eigenvalue weighted by molar-refractivity contribution is 0.416. The van der Waals surface area contributed by atoms with Gasteiger partial charge < -0.3 is 9.72 Å². The molecule has 0 amide bonds. The SMILES string of the molecule is COc1ccc(Br)c(Cl)c1-c1cc(C)[nH]c(=O)c1C#N. The number of halogens is 2. The van der Waals surface area contributed by atoms with Crippen LogP contribution in [0, 0.1) is 18.3 Å². The molecule has 1 heterocycles. The van der Waals surface area contributed by atoms with Crippen molar-refractivity contribution in [3.63, 3.8) is 0 Å². The van der Waals surface area contributed by atoms with Gasteiger partial charge in [-0.3, -0.25) is 4.79 Å². The number of ether oxygens (including phenoxy) is 1. The number of aromatic amines is 1. The lowest BCUT2D eigenvalue weighted by atomic mass is 10.00. The highest BCUT2D eigenvalue weighted by Crippen LogP contribution is 2.41. The van der Waals surface area contributed by atoms with Gasteiger partial charge in [0, 0.05) is 21.3 Å². The number of methoxy groups -OCH3 is 1. The minimum absolute atomic E-state index is 0.00824. The van der Waals surface area contributed by atoms with Crippen LogP contribution in [0.4, 0.5) is 0 Å². The zero-order valence-electron chi connectivity index (χ0n) is 10.8. The van der Waals surface area contributed by atoms with Gasteiger partial charge in [-0.05, 0) is 41.1 Å². The predicted molar refractivity (Wildman–Crippen MR) is 81.2 cm³/mol. The van der Waals surface area contributed by atoms with Crippen LogP contribution in [0.25, 0.3) is 11.1 Å². The molecule has 0 bridgehead atoms. The minimum Gasteiger partial charge on any atom is -0.496 e. The number of nitrogens with one attached hydrogen (secondary N) is 1. The van der Waals surface area contributed by atoms with Gasteiger partial charge >= 0.3 is 0 Å². The number of nitriles is 1. The third kappa shape index (κ3) is 2.45. The summed E-state index contributed by atoms with van der Waals surface area (Å²) in [6, 6.07) is 7.09.